The third kappa shape index (κ3) is 2.56. The van der Waals surface area contributed by atoms with Crippen LogP contribution in [0.4, 0.5) is 0 Å². The smallest absolute Gasteiger partial charge is 0.360 e. The summed E-state index contributed by atoms with van der Waals surface area (Å²) in [5, 5.41) is 24.1. The highest BCUT2D eigenvalue weighted by Crippen LogP contribution is 2.27. The van der Waals surface area contributed by atoms with Crippen molar-refractivity contribution in [2.75, 3.05) is 13.2 Å². The van der Waals surface area contributed by atoms with Crippen molar-refractivity contribution in [2.45, 2.75) is 32.5 Å². The number of oxime groups is 1. The number of nitrogens with two attached hydrogens (primary N) is 1. The number of hydrogen-bond acceptors (Lipinski definition) is 8. The van der Waals surface area contributed by atoms with Crippen molar-refractivity contribution in [1.29, 1.82) is 0 Å². The molecule has 2 aliphatic rings. The average Bonchev–Trinajstić information content (AvgIpc) is 2.42. The third-order valence-electron chi connectivity index (χ3n) is 3.35. The molecular formula is C12H18N4O5. The summed E-state index contributed by atoms with van der Waals surface area (Å²) in [5.74, 6) is -0.758. The van der Waals surface area contributed by atoms with Crippen molar-refractivity contribution in [1.82, 2.24) is 0 Å². The number of carbonyl (C=O) groups excluding carboxylic acids is 1. The molecule has 0 saturated heterocycles. The molecule has 9 nitrogen and oxygen atoms in total. The van der Waals surface area contributed by atoms with E-state index in [-0.39, 0.29) is 36.0 Å². The lowest BCUT2D eigenvalue weighted by molar-refractivity contribution is -0.826. The van der Waals surface area contributed by atoms with Gasteiger partial charge in [0.15, 0.2) is 17.6 Å². The van der Waals surface area contributed by atoms with E-state index in [1.807, 2.05) is 0 Å². The van der Waals surface area contributed by atoms with Crippen molar-refractivity contribution in [3.05, 3.63) is 16.6 Å². The van der Waals surface area contributed by atoms with Crippen LogP contribution in [0, 0.1) is 5.21 Å². The summed E-state index contributed by atoms with van der Waals surface area (Å²) in [6.07, 6.45) is -1.20. The molecule has 2 aliphatic heterocycles. The number of nitrogens with one attached hydrogen (secondary N) is 1. The van der Waals surface area contributed by atoms with E-state index in [2.05, 4.69) is 10.1 Å². The summed E-state index contributed by atoms with van der Waals surface area (Å²) in [5.41, 5.74) is 5.01. The molecule has 0 bridgehead atoms. The van der Waals surface area contributed by atoms with E-state index in [9.17, 15) is 15.2 Å². The molecular weight excluding hydrogens is 280 g/mol. The van der Waals surface area contributed by atoms with E-state index in [1.54, 1.807) is 20.8 Å². The van der Waals surface area contributed by atoms with Gasteiger partial charge in [0.2, 0.25) is 5.71 Å². The number of ether oxygens (including phenoxy) is 2. The minimum Gasteiger partial charge on any atom is -0.628 e. The van der Waals surface area contributed by atoms with Gasteiger partial charge in [0.05, 0.1) is 6.61 Å². The van der Waals surface area contributed by atoms with Gasteiger partial charge in [0, 0.05) is 0 Å². The molecule has 2 heterocycles. The first kappa shape index (κ1) is 15.6. The lowest BCUT2D eigenvalue weighted by Gasteiger charge is -2.40. The number of nitrogens with zero attached hydrogens (tertiary/aromatic N) is 2. The Hall–Kier alpha value is -1.81. The zero-order chi connectivity index (χ0) is 15.8. The lowest BCUT2D eigenvalue weighted by atomic mass is 9.94. The second-order valence-electron chi connectivity index (χ2n) is 5.13. The Bertz CT molecular complexity index is 552. The Balaban J connectivity index is 2.52. The molecule has 116 valence electrons. The Kier molecular flexibility index (Phi) is 4.10. The van der Waals surface area contributed by atoms with Crippen molar-refractivity contribution in [3.63, 3.8) is 0 Å². The van der Waals surface area contributed by atoms with E-state index in [1.165, 1.54) is 0 Å². The molecule has 0 spiro atoms. The van der Waals surface area contributed by atoms with Gasteiger partial charge in [-0.2, -0.15) is 0 Å². The average molecular weight is 298 g/mol. The second kappa shape index (κ2) is 5.53. The van der Waals surface area contributed by atoms with Crippen LogP contribution in [-0.2, 0) is 14.3 Å². The van der Waals surface area contributed by atoms with E-state index in [0.717, 1.165) is 0 Å². The summed E-state index contributed by atoms with van der Waals surface area (Å²) in [4.78, 5) is 16.0. The number of aliphatic imine (C=N–C) groups is 1. The standard InChI is InChI=1S/C12H18N4O5/c1-4-20-11(17)8-10(13)16(19)6-5-21-12(2,3)9(15-18)7(6)14-8/h10,16,18H,4-5,13H2,1-3H3. The first-order chi connectivity index (χ1) is 9.83. The maximum atomic E-state index is 12.3. The fraction of sp³-hybridized carbons (Fsp3) is 0.583. The monoisotopic (exact) mass is 298 g/mol. The fourth-order valence-corrected chi connectivity index (χ4v) is 2.17. The maximum absolute atomic E-state index is 12.3. The number of hydrogen-bond donors (Lipinski definition) is 3. The Morgan fingerprint density at radius 1 is 1.71 bits per heavy atom. The number of rotatable bonds is 2. The maximum Gasteiger partial charge on any atom is 0.360 e. The first-order valence-electron chi connectivity index (χ1n) is 6.49. The third-order valence-corrected chi connectivity index (χ3v) is 3.35. The quantitative estimate of drug-likeness (QED) is 0.246. The molecule has 2 unspecified atom stereocenters. The molecule has 0 aromatic rings. The van der Waals surface area contributed by atoms with Gasteiger partial charge in [-0.15, -0.1) is 0 Å². The van der Waals surface area contributed by atoms with Crippen LogP contribution in [0.3, 0.4) is 0 Å². The zero-order valence-corrected chi connectivity index (χ0v) is 12.0. The van der Waals surface area contributed by atoms with Gasteiger partial charge in [0.1, 0.15) is 17.9 Å². The minimum atomic E-state index is -1.20. The van der Waals surface area contributed by atoms with Crippen molar-refractivity contribution < 1.29 is 24.5 Å². The van der Waals surface area contributed by atoms with Crippen LogP contribution >= 0.6 is 0 Å². The van der Waals surface area contributed by atoms with Crippen LogP contribution < -0.4 is 10.8 Å². The molecule has 0 aromatic heterocycles. The van der Waals surface area contributed by atoms with Crippen molar-refractivity contribution in [2.24, 2.45) is 15.9 Å². The Morgan fingerprint density at radius 3 is 2.95 bits per heavy atom. The van der Waals surface area contributed by atoms with Crippen LogP contribution in [-0.4, -0.2) is 47.6 Å². The zero-order valence-electron chi connectivity index (χ0n) is 12.0. The Labute approximate surface area is 121 Å². The van der Waals surface area contributed by atoms with Crippen LogP contribution in [0.15, 0.2) is 21.5 Å². The second-order valence-corrected chi connectivity index (χ2v) is 5.13. The van der Waals surface area contributed by atoms with Gasteiger partial charge in [-0.25, -0.2) is 9.79 Å². The summed E-state index contributed by atoms with van der Waals surface area (Å²) in [6.45, 7) is 5.11. The van der Waals surface area contributed by atoms with Crippen LogP contribution in [0.1, 0.15) is 20.8 Å². The molecule has 9 heteroatoms. The van der Waals surface area contributed by atoms with Gasteiger partial charge in [-0.3, -0.25) is 5.73 Å². The van der Waals surface area contributed by atoms with Crippen molar-refractivity contribution in [3.8, 4) is 0 Å². The molecule has 0 fully saturated rings. The molecule has 2 rings (SSSR count). The molecule has 0 aromatic carbocycles. The molecule has 0 amide bonds. The van der Waals surface area contributed by atoms with Crippen LogP contribution in [0.25, 0.3) is 0 Å². The summed E-state index contributed by atoms with van der Waals surface area (Å²) >= 11 is 0. The van der Waals surface area contributed by atoms with Gasteiger partial charge in [-0.1, -0.05) is 5.16 Å². The van der Waals surface area contributed by atoms with Gasteiger partial charge in [-0.05, 0) is 20.8 Å². The normalized spacial score (nSPS) is 30.0. The molecule has 0 aliphatic carbocycles. The van der Waals surface area contributed by atoms with Crippen LogP contribution in [0.5, 0.6) is 0 Å². The van der Waals surface area contributed by atoms with Crippen molar-refractivity contribution >= 4 is 17.4 Å². The largest absolute Gasteiger partial charge is 0.628 e. The van der Waals surface area contributed by atoms with Gasteiger partial charge < -0.3 is 25.0 Å². The predicted molar refractivity (Wildman–Crippen MR) is 72.7 cm³/mol. The molecule has 4 N–H and O–H groups in total. The Morgan fingerprint density at radius 2 is 2.38 bits per heavy atom. The molecule has 2 atom stereocenters. The molecule has 0 radical (unpaired) electrons. The number of esters is 1. The van der Waals surface area contributed by atoms with E-state index >= 15 is 0 Å². The minimum absolute atomic E-state index is 0.00646. The van der Waals surface area contributed by atoms with Gasteiger partial charge >= 0.3 is 5.97 Å². The highest BCUT2D eigenvalue weighted by molar-refractivity contribution is 6.39. The highest BCUT2D eigenvalue weighted by atomic mass is 16.5. The first-order valence-corrected chi connectivity index (χ1v) is 6.49. The SMILES string of the molecule is CCOC(=O)C1=NC2=C(COC(C)(C)C2=NO)[NH+]([O-])C1N. The van der Waals surface area contributed by atoms with Crippen LogP contribution in [0.2, 0.25) is 0 Å². The number of quaternary nitrogens is 1. The number of carbonyl (C=O) groups is 1. The van der Waals surface area contributed by atoms with E-state index < -0.39 is 22.8 Å². The summed E-state index contributed by atoms with van der Waals surface area (Å²) < 4.78 is 10.3. The number of hydroxylamine groups is 2. The highest BCUT2D eigenvalue weighted by Gasteiger charge is 2.44. The summed E-state index contributed by atoms with van der Waals surface area (Å²) in [7, 11) is 0. The summed E-state index contributed by atoms with van der Waals surface area (Å²) in [6, 6.07) is 0. The lowest BCUT2D eigenvalue weighted by Crippen LogP contribution is -3.14. The van der Waals surface area contributed by atoms with Gasteiger partial charge in [0.25, 0.3) is 0 Å². The molecule has 21 heavy (non-hydrogen) atoms. The molecule has 0 saturated carbocycles. The topological polar surface area (TPSA) is 134 Å². The predicted octanol–water partition coefficient (Wildman–Crippen LogP) is -1.48. The fourth-order valence-electron chi connectivity index (χ4n) is 2.17. The van der Waals surface area contributed by atoms with E-state index in [0.29, 0.717) is 0 Å². The van der Waals surface area contributed by atoms with E-state index in [4.69, 9.17) is 15.2 Å².